The number of carbonyl (C=O) groups excluding carboxylic acids is 2. The summed E-state index contributed by atoms with van der Waals surface area (Å²) in [7, 11) is 0. The summed E-state index contributed by atoms with van der Waals surface area (Å²) in [6.07, 6.45) is 6.40. The molecular formula is C16H18ClNO3. The number of aryl methyl sites for hydroxylation is 1. The first-order chi connectivity index (χ1) is 10.0. The maximum Gasteiger partial charge on any atom is 0.306 e. The Kier molecular flexibility index (Phi) is 5.39. The predicted molar refractivity (Wildman–Crippen MR) is 82.3 cm³/mol. The van der Waals surface area contributed by atoms with Crippen molar-refractivity contribution in [1.29, 1.82) is 0 Å². The molecule has 4 nitrogen and oxygen atoms in total. The normalized spacial score (nSPS) is 16.8. The molecular weight excluding hydrogens is 290 g/mol. The molecule has 0 bridgehead atoms. The van der Waals surface area contributed by atoms with Gasteiger partial charge in [-0.2, -0.15) is 0 Å². The molecule has 0 saturated carbocycles. The van der Waals surface area contributed by atoms with Crippen molar-refractivity contribution in [1.82, 2.24) is 0 Å². The summed E-state index contributed by atoms with van der Waals surface area (Å²) in [4.78, 5) is 23.4. The van der Waals surface area contributed by atoms with Gasteiger partial charge in [0, 0.05) is 10.7 Å². The first-order valence-corrected chi connectivity index (χ1v) is 7.30. The van der Waals surface area contributed by atoms with Crippen molar-refractivity contribution >= 4 is 29.2 Å². The van der Waals surface area contributed by atoms with Crippen molar-refractivity contribution in [3.8, 4) is 0 Å². The fourth-order valence-electron chi connectivity index (χ4n) is 2.20. The van der Waals surface area contributed by atoms with Crippen molar-refractivity contribution < 1.29 is 14.3 Å². The molecule has 1 N–H and O–H groups in total. The van der Waals surface area contributed by atoms with Gasteiger partial charge in [0.05, 0.1) is 6.42 Å². The van der Waals surface area contributed by atoms with E-state index in [1.807, 2.05) is 19.1 Å². The number of nitrogens with one attached hydrogen (secondary N) is 1. The van der Waals surface area contributed by atoms with Crippen molar-refractivity contribution in [3.05, 3.63) is 40.9 Å². The number of hydrogen-bond donors (Lipinski definition) is 1. The lowest BCUT2D eigenvalue weighted by Crippen LogP contribution is -2.22. The molecule has 1 aliphatic carbocycles. The van der Waals surface area contributed by atoms with Crippen LogP contribution in [0.25, 0.3) is 0 Å². The van der Waals surface area contributed by atoms with E-state index in [2.05, 4.69) is 11.4 Å². The summed E-state index contributed by atoms with van der Waals surface area (Å²) in [6.45, 7) is 1.59. The van der Waals surface area contributed by atoms with Crippen molar-refractivity contribution in [3.63, 3.8) is 0 Å². The Morgan fingerprint density at radius 1 is 1.43 bits per heavy atom. The van der Waals surface area contributed by atoms with Crippen LogP contribution in [0.3, 0.4) is 0 Å². The molecule has 1 atom stereocenters. The molecule has 0 aromatic heterocycles. The van der Waals surface area contributed by atoms with E-state index in [9.17, 15) is 9.59 Å². The topological polar surface area (TPSA) is 55.4 Å². The van der Waals surface area contributed by atoms with E-state index in [1.165, 1.54) is 0 Å². The lowest BCUT2D eigenvalue weighted by atomic mass is 10.1. The van der Waals surface area contributed by atoms with E-state index in [4.69, 9.17) is 16.3 Å². The summed E-state index contributed by atoms with van der Waals surface area (Å²) in [5.41, 5.74) is 1.53. The van der Waals surface area contributed by atoms with Gasteiger partial charge in [0.1, 0.15) is 0 Å². The zero-order valence-corrected chi connectivity index (χ0v) is 12.7. The van der Waals surface area contributed by atoms with Crippen molar-refractivity contribution in [2.24, 2.45) is 5.92 Å². The molecule has 112 valence electrons. The van der Waals surface area contributed by atoms with Crippen LogP contribution in [0.4, 0.5) is 5.69 Å². The summed E-state index contributed by atoms with van der Waals surface area (Å²) >= 11 is 5.88. The summed E-state index contributed by atoms with van der Waals surface area (Å²) in [5.74, 6) is -0.462. The predicted octanol–water partition coefficient (Wildman–Crippen LogP) is 3.49. The third-order valence-electron chi connectivity index (χ3n) is 3.38. The van der Waals surface area contributed by atoms with E-state index in [0.717, 1.165) is 18.4 Å². The van der Waals surface area contributed by atoms with Gasteiger partial charge < -0.3 is 10.1 Å². The minimum atomic E-state index is -0.365. The Morgan fingerprint density at radius 3 is 2.95 bits per heavy atom. The zero-order chi connectivity index (χ0) is 15.2. The molecule has 21 heavy (non-hydrogen) atoms. The van der Waals surface area contributed by atoms with E-state index < -0.39 is 0 Å². The number of allylic oxidation sites excluding steroid dienone is 2. The second kappa shape index (κ2) is 7.27. The van der Waals surface area contributed by atoms with E-state index in [1.54, 1.807) is 12.1 Å². The molecule has 1 amide bonds. The highest BCUT2D eigenvalue weighted by Crippen LogP contribution is 2.21. The van der Waals surface area contributed by atoms with Crippen LogP contribution in [0.2, 0.25) is 5.02 Å². The monoisotopic (exact) mass is 307 g/mol. The number of rotatable bonds is 5. The SMILES string of the molecule is Cc1ccc(Cl)cc1NC(=O)COC(=O)C[C@H]1C=CCC1. The standard InChI is InChI=1S/C16H18ClNO3/c1-11-6-7-13(17)9-14(11)18-15(19)10-21-16(20)8-12-4-2-3-5-12/h2,4,6-7,9,12H,3,5,8,10H2,1H3,(H,18,19)/t12-/m0/s1. The molecule has 0 aliphatic heterocycles. The summed E-state index contributed by atoms with van der Waals surface area (Å²) < 4.78 is 4.99. The van der Waals surface area contributed by atoms with Crippen molar-refractivity contribution in [2.75, 3.05) is 11.9 Å². The Bertz CT molecular complexity index is 569. The van der Waals surface area contributed by atoms with Gasteiger partial charge in [0.25, 0.3) is 5.91 Å². The Balaban J connectivity index is 1.77. The summed E-state index contributed by atoms with van der Waals surface area (Å²) in [5, 5.41) is 3.23. The average Bonchev–Trinajstić information content (AvgIpc) is 2.93. The molecule has 0 saturated heterocycles. The van der Waals surface area contributed by atoms with Crippen LogP contribution >= 0.6 is 11.6 Å². The minimum absolute atomic E-state index is 0.246. The van der Waals surface area contributed by atoms with E-state index in [0.29, 0.717) is 17.1 Å². The maximum atomic E-state index is 11.8. The molecule has 0 unspecified atom stereocenters. The third kappa shape index (κ3) is 4.90. The van der Waals surface area contributed by atoms with Crippen LogP contribution in [0.5, 0.6) is 0 Å². The van der Waals surface area contributed by atoms with Gasteiger partial charge >= 0.3 is 5.97 Å². The molecule has 1 aromatic rings. The van der Waals surface area contributed by atoms with Gasteiger partial charge in [-0.25, -0.2) is 0 Å². The average molecular weight is 308 g/mol. The highest BCUT2D eigenvalue weighted by Gasteiger charge is 2.16. The molecule has 0 fully saturated rings. The van der Waals surface area contributed by atoms with Crippen LogP contribution < -0.4 is 5.32 Å². The number of halogens is 1. The number of carbonyl (C=O) groups is 2. The van der Waals surface area contributed by atoms with Crippen LogP contribution in [-0.2, 0) is 14.3 Å². The Labute approximate surface area is 129 Å². The van der Waals surface area contributed by atoms with Gasteiger partial charge in [-0.3, -0.25) is 9.59 Å². The molecule has 1 aliphatic rings. The lowest BCUT2D eigenvalue weighted by Gasteiger charge is -2.10. The van der Waals surface area contributed by atoms with Crippen molar-refractivity contribution in [2.45, 2.75) is 26.2 Å². The second-order valence-electron chi connectivity index (χ2n) is 5.14. The minimum Gasteiger partial charge on any atom is -0.456 e. The molecule has 2 rings (SSSR count). The summed E-state index contributed by atoms with van der Waals surface area (Å²) in [6, 6.07) is 5.23. The third-order valence-corrected chi connectivity index (χ3v) is 3.61. The molecule has 0 spiro atoms. The Hall–Kier alpha value is -1.81. The first kappa shape index (κ1) is 15.6. The molecule has 5 heteroatoms. The fraction of sp³-hybridized carbons (Fsp3) is 0.375. The van der Waals surface area contributed by atoms with Crippen LogP contribution in [-0.4, -0.2) is 18.5 Å². The number of ether oxygens (including phenoxy) is 1. The number of anilines is 1. The van der Waals surface area contributed by atoms with Gasteiger partial charge in [-0.1, -0.05) is 29.8 Å². The van der Waals surface area contributed by atoms with Gasteiger partial charge in [0.2, 0.25) is 0 Å². The number of amides is 1. The second-order valence-corrected chi connectivity index (χ2v) is 5.57. The van der Waals surface area contributed by atoms with Gasteiger partial charge in [-0.15, -0.1) is 0 Å². The molecule has 0 radical (unpaired) electrons. The fourth-order valence-corrected chi connectivity index (χ4v) is 2.37. The molecule has 1 aromatic carbocycles. The number of esters is 1. The van der Waals surface area contributed by atoms with Crippen LogP contribution in [0, 0.1) is 12.8 Å². The number of hydrogen-bond acceptors (Lipinski definition) is 3. The van der Waals surface area contributed by atoms with Gasteiger partial charge in [-0.05, 0) is 43.4 Å². The van der Waals surface area contributed by atoms with Crippen LogP contribution in [0.15, 0.2) is 30.4 Å². The van der Waals surface area contributed by atoms with Crippen LogP contribution in [0.1, 0.15) is 24.8 Å². The highest BCUT2D eigenvalue weighted by atomic mass is 35.5. The largest absolute Gasteiger partial charge is 0.456 e. The first-order valence-electron chi connectivity index (χ1n) is 6.93. The number of benzene rings is 1. The lowest BCUT2D eigenvalue weighted by molar-refractivity contribution is -0.147. The quantitative estimate of drug-likeness (QED) is 0.669. The van der Waals surface area contributed by atoms with Gasteiger partial charge in [0.15, 0.2) is 6.61 Å². The Morgan fingerprint density at radius 2 is 2.24 bits per heavy atom. The van der Waals surface area contributed by atoms with E-state index >= 15 is 0 Å². The zero-order valence-electron chi connectivity index (χ0n) is 11.9. The molecule has 0 heterocycles. The highest BCUT2D eigenvalue weighted by molar-refractivity contribution is 6.31. The van der Waals surface area contributed by atoms with E-state index in [-0.39, 0.29) is 24.4 Å². The smallest absolute Gasteiger partial charge is 0.306 e. The maximum absolute atomic E-state index is 11.8.